The van der Waals surface area contributed by atoms with E-state index in [1.54, 1.807) is 0 Å². The van der Waals surface area contributed by atoms with Gasteiger partial charge in [0.05, 0.1) is 6.42 Å². The minimum absolute atomic E-state index is 0.0141. The third kappa shape index (κ3) is 3.40. The van der Waals surface area contributed by atoms with E-state index in [2.05, 4.69) is 34.9 Å². The van der Waals surface area contributed by atoms with Crippen LogP contribution in [0.4, 0.5) is 4.79 Å². The summed E-state index contributed by atoms with van der Waals surface area (Å²) < 4.78 is 0. The Kier molecular flexibility index (Phi) is 5.38. The highest BCUT2D eigenvalue weighted by Gasteiger charge is 2.52. The normalized spacial score (nSPS) is 31.8. The Morgan fingerprint density at radius 3 is 2.57 bits per heavy atom. The lowest BCUT2D eigenvalue weighted by molar-refractivity contribution is -0.132. The minimum Gasteiger partial charge on any atom is -0.352 e. The van der Waals surface area contributed by atoms with Crippen LogP contribution in [-0.4, -0.2) is 41.4 Å². The largest absolute Gasteiger partial charge is 0.352 e. The van der Waals surface area contributed by atoms with Gasteiger partial charge >= 0.3 is 6.03 Å². The van der Waals surface area contributed by atoms with Gasteiger partial charge in [-0.25, -0.2) is 4.79 Å². The number of benzene rings is 1. The van der Waals surface area contributed by atoms with Crippen molar-refractivity contribution < 1.29 is 14.4 Å². The zero-order valence-corrected chi connectivity index (χ0v) is 16.4. The van der Waals surface area contributed by atoms with Crippen LogP contribution in [0.5, 0.6) is 0 Å². The fourth-order valence-corrected chi connectivity index (χ4v) is 5.37. The second-order valence-corrected chi connectivity index (χ2v) is 8.34. The van der Waals surface area contributed by atoms with Gasteiger partial charge < -0.3 is 10.6 Å². The van der Waals surface area contributed by atoms with Gasteiger partial charge in [-0.2, -0.15) is 0 Å². The number of fused-ring (bicyclic) bond motifs is 1. The molecule has 1 aliphatic heterocycles. The van der Waals surface area contributed by atoms with Crippen LogP contribution in [-0.2, 0) is 9.59 Å². The minimum atomic E-state index is -0.739. The molecule has 1 aromatic carbocycles. The molecule has 2 N–H and O–H groups in total. The summed E-state index contributed by atoms with van der Waals surface area (Å²) in [4.78, 5) is 38.3. The first-order valence-electron chi connectivity index (χ1n) is 10.6. The van der Waals surface area contributed by atoms with Crippen molar-refractivity contribution in [1.29, 1.82) is 0 Å². The molecular weight excluding hydrogens is 354 g/mol. The van der Waals surface area contributed by atoms with Gasteiger partial charge in [-0.1, -0.05) is 50.1 Å². The highest BCUT2D eigenvalue weighted by Crippen LogP contribution is 2.54. The molecular formula is C22H29N3O3. The summed E-state index contributed by atoms with van der Waals surface area (Å²) in [5, 5.41) is 5.87. The van der Waals surface area contributed by atoms with Crippen LogP contribution in [0.1, 0.15) is 56.9 Å². The third-order valence-electron chi connectivity index (χ3n) is 6.64. The zero-order valence-electron chi connectivity index (χ0n) is 16.4. The molecule has 4 rings (SSSR count). The monoisotopic (exact) mass is 383 g/mol. The molecule has 0 spiro atoms. The van der Waals surface area contributed by atoms with E-state index in [1.165, 1.54) is 29.7 Å². The molecule has 3 aliphatic rings. The van der Waals surface area contributed by atoms with E-state index in [4.69, 9.17) is 0 Å². The number of urea groups is 1. The van der Waals surface area contributed by atoms with Crippen molar-refractivity contribution >= 4 is 17.8 Å². The first-order valence-corrected chi connectivity index (χ1v) is 10.6. The molecule has 0 bridgehead atoms. The Morgan fingerprint density at radius 1 is 1.14 bits per heavy atom. The van der Waals surface area contributed by atoms with Crippen molar-refractivity contribution in [2.24, 2.45) is 11.8 Å². The number of nitrogens with zero attached hydrogens (tertiary/aromatic N) is 1. The Hall–Kier alpha value is -2.37. The van der Waals surface area contributed by atoms with Gasteiger partial charge in [0.2, 0.25) is 5.91 Å². The number of carbonyl (C=O) groups excluding carboxylic acids is 3. The molecule has 4 amide bonds. The van der Waals surface area contributed by atoms with Crippen LogP contribution >= 0.6 is 0 Å². The summed E-state index contributed by atoms with van der Waals surface area (Å²) >= 11 is 0. The van der Waals surface area contributed by atoms with Crippen molar-refractivity contribution in [3.8, 4) is 0 Å². The quantitative estimate of drug-likeness (QED) is 0.742. The van der Waals surface area contributed by atoms with Gasteiger partial charge in [-0.05, 0) is 36.7 Å². The summed E-state index contributed by atoms with van der Waals surface area (Å²) in [6, 6.07) is 9.43. The summed E-state index contributed by atoms with van der Waals surface area (Å²) in [5.74, 6) is 1.07. The van der Waals surface area contributed by atoms with Crippen LogP contribution in [0.15, 0.2) is 30.3 Å². The maximum atomic E-state index is 12.7. The molecule has 6 heteroatoms. The number of hydrogen-bond donors (Lipinski definition) is 2. The summed E-state index contributed by atoms with van der Waals surface area (Å²) in [7, 11) is 0. The molecule has 1 aromatic rings. The van der Waals surface area contributed by atoms with Gasteiger partial charge in [-0.15, -0.1) is 0 Å². The Balaban J connectivity index is 1.41. The van der Waals surface area contributed by atoms with Gasteiger partial charge in [0.15, 0.2) is 0 Å². The fraction of sp³-hybridized carbons (Fsp3) is 0.591. The smallest absolute Gasteiger partial charge is 0.324 e. The van der Waals surface area contributed by atoms with Crippen LogP contribution in [0.3, 0.4) is 0 Å². The molecule has 1 heterocycles. The standard InChI is InChI=1S/C22H29N3O3/c1-2-12-25-21(27)17(23-22(25)28)13-18(26)24-20-16-11-7-6-10-15(16)19(20)14-8-4-3-5-9-14/h3-5,8-9,15-17,19-20H,2,6-7,10-13H2,1H3,(H,23,28)(H,24,26)/t15?,16?,17?,19-,20-/m0/s1. The number of imide groups is 1. The van der Waals surface area contributed by atoms with E-state index < -0.39 is 6.04 Å². The number of amides is 4. The molecule has 0 radical (unpaired) electrons. The Labute approximate surface area is 166 Å². The molecule has 5 atom stereocenters. The summed E-state index contributed by atoms with van der Waals surface area (Å²) in [6.45, 7) is 2.31. The van der Waals surface area contributed by atoms with E-state index in [0.29, 0.717) is 30.7 Å². The van der Waals surface area contributed by atoms with Crippen LogP contribution in [0.2, 0.25) is 0 Å². The van der Waals surface area contributed by atoms with Gasteiger partial charge in [0.25, 0.3) is 5.91 Å². The second-order valence-electron chi connectivity index (χ2n) is 8.34. The molecule has 3 unspecified atom stereocenters. The average Bonchev–Trinajstić information content (AvgIpc) is 2.95. The number of rotatable bonds is 6. The summed E-state index contributed by atoms with van der Waals surface area (Å²) in [5.41, 5.74) is 1.29. The molecule has 3 fully saturated rings. The lowest BCUT2D eigenvalue weighted by atomic mass is 9.53. The first kappa shape index (κ1) is 19.0. The predicted molar refractivity (Wildman–Crippen MR) is 106 cm³/mol. The van der Waals surface area contributed by atoms with Crippen LogP contribution in [0, 0.1) is 11.8 Å². The average molecular weight is 383 g/mol. The van der Waals surface area contributed by atoms with Gasteiger partial charge in [-0.3, -0.25) is 14.5 Å². The van der Waals surface area contributed by atoms with E-state index in [9.17, 15) is 14.4 Å². The van der Waals surface area contributed by atoms with E-state index in [0.717, 1.165) is 6.42 Å². The SMILES string of the molecule is CCCN1C(=O)NC(CC(=O)N[C@H]2C3CCCCC3[C@@H]2c2ccccc2)C1=O. The summed E-state index contributed by atoms with van der Waals surface area (Å²) in [6.07, 6.45) is 5.59. The van der Waals surface area contributed by atoms with Crippen molar-refractivity contribution in [2.75, 3.05) is 6.54 Å². The molecule has 2 saturated carbocycles. The van der Waals surface area contributed by atoms with Crippen LogP contribution in [0.25, 0.3) is 0 Å². The number of hydrogen-bond acceptors (Lipinski definition) is 3. The van der Waals surface area contributed by atoms with E-state index in [-0.39, 0.29) is 30.3 Å². The first-order chi connectivity index (χ1) is 13.6. The second kappa shape index (κ2) is 7.94. The van der Waals surface area contributed by atoms with Crippen molar-refractivity contribution in [2.45, 2.75) is 63.5 Å². The van der Waals surface area contributed by atoms with E-state index >= 15 is 0 Å². The van der Waals surface area contributed by atoms with Gasteiger partial charge in [0, 0.05) is 18.5 Å². The van der Waals surface area contributed by atoms with E-state index in [1.807, 2.05) is 13.0 Å². The molecule has 2 aliphatic carbocycles. The Morgan fingerprint density at radius 2 is 1.86 bits per heavy atom. The molecule has 6 nitrogen and oxygen atoms in total. The van der Waals surface area contributed by atoms with Crippen molar-refractivity contribution in [3.05, 3.63) is 35.9 Å². The molecule has 28 heavy (non-hydrogen) atoms. The lowest BCUT2D eigenvalue weighted by Crippen LogP contribution is -2.59. The van der Waals surface area contributed by atoms with Crippen LogP contribution < -0.4 is 10.6 Å². The Bertz CT molecular complexity index is 751. The fourth-order valence-electron chi connectivity index (χ4n) is 5.37. The van der Waals surface area contributed by atoms with Crippen molar-refractivity contribution in [3.63, 3.8) is 0 Å². The molecule has 150 valence electrons. The zero-order chi connectivity index (χ0) is 19.7. The predicted octanol–water partition coefficient (Wildman–Crippen LogP) is 2.80. The lowest BCUT2D eigenvalue weighted by Gasteiger charge is -2.55. The van der Waals surface area contributed by atoms with Crippen molar-refractivity contribution in [1.82, 2.24) is 15.5 Å². The topological polar surface area (TPSA) is 78.5 Å². The number of carbonyl (C=O) groups is 3. The maximum absolute atomic E-state index is 12.7. The third-order valence-corrected chi connectivity index (χ3v) is 6.64. The highest BCUT2D eigenvalue weighted by molar-refractivity contribution is 6.05. The molecule has 1 saturated heterocycles. The van der Waals surface area contributed by atoms with Gasteiger partial charge in [0.1, 0.15) is 6.04 Å². The maximum Gasteiger partial charge on any atom is 0.324 e. The highest BCUT2D eigenvalue weighted by atomic mass is 16.2. The number of nitrogens with one attached hydrogen (secondary N) is 2. The molecule has 0 aromatic heterocycles.